The molecule has 0 saturated heterocycles. The van der Waals surface area contributed by atoms with Crippen LogP contribution in [0.15, 0.2) is 115 Å². The molecule has 2 heterocycles. The molecule has 7 rings (SSSR count). The highest BCUT2D eigenvalue weighted by Gasteiger charge is 2.22. The van der Waals surface area contributed by atoms with Crippen LogP contribution in [0, 0.1) is 0 Å². The maximum atomic E-state index is 13.3. The van der Waals surface area contributed by atoms with Crippen molar-refractivity contribution in [1.29, 1.82) is 0 Å². The summed E-state index contributed by atoms with van der Waals surface area (Å²) < 4.78 is 5.84. The molecule has 5 N–H and O–H groups in total. The highest BCUT2D eigenvalue weighted by Crippen LogP contribution is 2.33. The molecule has 0 unspecified atom stereocenters. The van der Waals surface area contributed by atoms with Crippen LogP contribution in [0.4, 0.5) is 11.4 Å². The molecule has 0 saturated carbocycles. The van der Waals surface area contributed by atoms with Crippen molar-refractivity contribution in [1.82, 2.24) is 9.97 Å². The van der Waals surface area contributed by atoms with Crippen LogP contribution >= 0.6 is 23.2 Å². The van der Waals surface area contributed by atoms with Crippen LogP contribution in [0.5, 0.6) is 11.5 Å². The van der Waals surface area contributed by atoms with Gasteiger partial charge in [-0.2, -0.15) is 0 Å². The monoisotopic (exact) mass is 746 g/mol. The van der Waals surface area contributed by atoms with Crippen LogP contribution < -0.4 is 15.4 Å². The van der Waals surface area contributed by atoms with Crippen molar-refractivity contribution in [3.05, 3.63) is 153 Å². The van der Waals surface area contributed by atoms with E-state index in [-0.39, 0.29) is 34.8 Å². The minimum atomic E-state index is -0.336. The Morgan fingerprint density at radius 2 is 1.13 bits per heavy atom. The van der Waals surface area contributed by atoms with Crippen LogP contribution in [-0.2, 0) is 16.2 Å². The molecule has 2 amide bonds. The molecule has 0 fully saturated rings. The molecule has 0 bridgehead atoms. The van der Waals surface area contributed by atoms with Gasteiger partial charge in [-0.3, -0.25) is 19.2 Å². The summed E-state index contributed by atoms with van der Waals surface area (Å²) in [7, 11) is 0. The van der Waals surface area contributed by atoms with E-state index in [0.717, 1.165) is 10.9 Å². The normalized spacial score (nSPS) is 10.7. The zero-order valence-corrected chi connectivity index (χ0v) is 29.9. The highest BCUT2D eigenvalue weighted by molar-refractivity contribution is 6.32. The standard InChI is InChI=1S/C24H19ClN2O3.C17H13ClN2O3/c1-15(28)26-22-20-11-10-18(25)13-21(20)27-23(22)24(29)17-8-5-9-19(12-17)30-14-16-6-3-2-4-7-16;1-9(21)19-15-13-6-5-11(18)8-14(13)20-16(15)17(23)10-3-2-4-12(22)7-10/h2-13,27H,14H2,1H3,(H,26,28);2-8,20,22H,1H3,(H,19,21). The lowest BCUT2D eigenvalue weighted by atomic mass is 10.1. The lowest BCUT2D eigenvalue weighted by molar-refractivity contribution is -0.115. The Morgan fingerprint density at radius 1 is 0.623 bits per heavy atom. The first kappa shape index (κ1) is 36.4. The number of ketones is 2. The van der Waals surface area contributed by atoms with Crippen molar-refractivity contribution in [2.45, 2.75) is 20.5 Å². The van der Waals surface area contributed by atoms with E-state index < -0.39 is 0 Å². The number of hydrogen-bond acceptors (Lipinski definition) is 6. The van der Waals surface area contributed by atoms with Gasteiger partial charge >= 0.3 is 0 Å². The third-order valence-electron chi connectivity index (χ3n) is 8.03. The first-order valence-electron chi connectivity index (χ1n) is 16.3. The second-order valence-corrected chi connectivity index (χ2v) is 12.9. The van der Waals surface area contributed by atoms with E-state index in [1.165, 1.54) is 26.0 Å². The van der Waals surface area contributed by atoms with Crippen LogP contribution in [0.2, 0.25) is 10.0 Å². The van der Waals surface area contributed by atoms with Crippen molar-refractivity contribution in [2.24, 2.45) is 0 Å². The number of nitrogens with one attached hydrogen (secondary N) is 4. The molecular formula is C41H32Cl2N4O6. The second kappa shape index (κ2) is 15.9. The summed E-state index contributed by atoms with van der Waals surface area (Å²) >= 11 is 12.1. The van der Waals surface area contributed by atoms with Crippen molar-refractivity contribution in [3.63, 3.8) is 0 Å². The van der Waals surface area contributed by atoms with Gasteiger partial charge in [-0.1, -0.05) is 77.8 Å². The molecule has 266 valence electrons. The van der Waals surface area contributed by atoms with Gasteiger partial charge in [0.15, 0.2) is 0 Å². The summed E-state index contributed by atoms with van der Waals surface area (Å²) in [6.45, 7) is 3.18. The number of aromatic nitrogens is 2. The number of amides is 2. The van der Waals surface area contributed by atoms with Crippen molar-refractivity contribution in [2.75, 3.05) is 10.6 Å². The second-order valence-electron chi connectivity index (χ2n) is 12.0. The fourth-order valence-corrected chi connectivity index (χ4v) is 6.04. The maximum absolute atomic E-state index is 13.3. The lowest BCUT2D eigenvalue weighted by Crippen LogP contribution is -2.11. The van der Waals surface area contributed by atoms with Crippen molar-refractivity contribution < 1.29 is 29.0 Å². The molecule has 0 spiro atoms. The molecule has 12 heteroatoms. The average molecular weight is 748 g/mol. The molecule has 0 aliphatic carbocycles. The number of H-pyrrole nitrogens is 2. The van der Waals surface area contributed by atoms with Gasteiger partial charge in [0, 0.05) is 56.8 Å². The summed E-state index contributed by atoms with van der Waals surface area (Å²) in [5.74, 6) is -0.556. The van der Waals surface area contributed by atoms with E-state index in [1.807, 2.05) is 30.3 Å². The number of phenols is 1. The molecule has 5 aromatic carbocycles. The number of halogens is 2. The number of benzene rings is 5. The Labute approximate surface area is 313 Å². The van der Waals surface area contributed by atoms with Gasteiger partial charge in [0.2, 0.25) is 23.4 Å². The Kier molecular flexibility index (Phi) is 10.9. The maximum Gasteiger partial charge on any atom is 0.221 e. The van der Waals surface area contributed by atoms with Gasteiger partial charge < -0.3 is 30.4 Å². The third-order valence-corrected chi connectivity index (χ3v) is 8.50. The summed E-state index contributed by atoms with van der Waals surface area (Å²) in [6, 6.07) is 33.1. The SMILES string of the molecule is CC(=O)Nc1c(C(=O)c2cccc(O)c2)[nH]c2cc(Cl)ccc12.CC(=O)Nc1c(C(=O)c2cccc(OCc3ccccc3)c2)[nH]c2cc(Cl)ccc12. The Hall–Kier alpha value is -6.36. The van der Waals surface area contributed by atoms with Gasteiger partial charge in [-0.15, -0.1) is 0 Å². The number of phenolic OH excluding ortho intramolecular Hbond substituents is 1. The van der Waals surface area contributed by atoms with E-state index in [4.69, 9.17) is 27.9 Å². The van der Waals surface area contributed by atoms with E-state index in [9.17, 15) is 24.3 Å². The number of ether oxygens (including phenoxy) is 1. The number of rotatable bonds is 9. The first-order valence-corrected chi connectivity index (χ1v) is 17.0. The lowest BCUT2D eigenvalue weighted by Gasteiger charge is -2.09. The summed E-state index contributed by atoms with van der Waals surface area (Å²) in [6.07, 6.45) is 0. The zero-order chi connectivity index (χ0) is 37.6. The number of aromatic amines is 2. The van der Waals surface area contributed by atoms with Gasteiger partial charge in [-0.25, -0.2) is 0 Å². The van der Waals surface area contributed by atoms with Crippen LogP contribution in [-0.4, -0.2) is 38.5 Å². The molecule has 53 heavy (non-hydrogen) atoms. The summed E-state index contributed by atoms with van der Waals surface area (Å²) in [5, 5.41) is 17.5. The van der Waals surface area contributed by atoms with E-state index in [1.54, 1.807) is 72.8 Å². The van der Waals surface area contributed by atoms with E-state index >= 15 is 0 Å². The number of carbonyl (C=O) groups excluding carboxylic acids is 4. The Morgan fingerprint density at radius 3 is 1.64 bits per heavy atom. The van der Waals surface area contributed by atoms with Gasteiger partial charge in [-0.05, 0) is 66.2 Å². The number of aromatic hydroxyl groups is 1. The molecule has 0 radical (unpaired) electrons. The summed E-state index contributed by atoms with van der Waals surface area (Å²) in [5.41, 5.74) is 4.49. The third kappa shape index (κ3) is 8.58. The first-order chi connectivity index (χ1) is 25.5. The molecular weight excluding hydrogens is 715 g/mol. The van der Waals surface area contributed by atoms with Crippen molar-refractivity contribution >= 4 is 79.8 Å². The molecule has 2 aromatic heterocycles. The largest absolute Gasteiger partial charge is 0.508 e. The quantitative estimate of drug-likeness (QED) is 0.0928. The smallest absolute Gasteiger partial charge is 0.221 e. The molecule has 0 aliphatic rings. The number of carbonyl (C=O) groups is 4. The predicted molar refractivity (Wildman–Crippen MR) is 207 cm³/mol. The molecule has 7 aromatic rings. The number of fused-ring (bicyclic) bond motifs is 2. The Bertz CT molecular complexity index is 2510. The number of anilines is 2. The van der Waals surface area contributed by atoms with Gasteiger partial charge in [0.1, 0.15) is 29.5 Å². The van der Waals surface area contributed by atoms with Gasteiger partial charge in [0.25, 0.3) is 0 Å². The number of hydrogen-bond donors (Lipinski definition) is 5. The average Bonchev–Trinajstić information content (AvgIpc) is 3.67. The Balaban J connectivity index is 0.000000188. The molecule has 0 atom stereocenters. The van der Waals surface area contributed by atoms with Gasteiger partial charge in [0.05, 0.1) is 11.4 Å². The minimum absolute atomic E-state index is 0.00363. The van der Waals surface area contributed by atoms with Crippen molar-refractivity contribution in [3.8, 4) is 11.5 Å². The molecule has 0 aliphatic heterocycles. The van der Waals surface area contributed by atoms with Crippen LogP contribution in [0.3, 0.4) is 0 Å². The zero-order valence-electron chi connectivity index (χ0n) is 28.4. The van der Waals surface area contributed by atoms with E-state index in [0.29, 0.717) is 67.0 Å². The topological polar surface area (TPSA) is 153 Å². The fourth-order valence-electron chi connectivity index (χ4n) is 5.70. The van der Waals surface area contributed by atoms with E-state index in [2.05, 4.69) is 20.6 Å². The fraction of sp³-hybridized carbons (Fsp3) is 0.0732. The van der Waals surface area contributed by atoms with Crippen LogP contribution in [0.1, 0.15) is 51.5 Å². The summed E-state index contributed by atoms with van der Waals surface area (Å²) in [4.78, 5) is 55.3. The minimum Gasteiger partial charge on any atom is -0.508 e. The van der Waals surface area contributed by atoms with Crippen LogP contribution in [0.25, 0.3) is 21.8 Å². The molecule has 10 nitrogen and oxygen atoms in total. The highest BCUT2D eigenvalue weighted by atomic mass is 35.5. The predicted octanol–water partition coefficient (Wildman–Crippen LogP) is 9.31.